The molecule has 0 aromatic rings. The lowest BCUT2D eigenvalue weighted by Crippen LogP contribution is -2.48. The molecular formula is C11H24N2O. The Hall–Kier alpha value is -0.120. The third-order valence-electron chi connectivity index (χ3n) is 3.10. The van der Waals surface area contributed by atoms with Crippen LogP contribution in [0.5, 0.6) is 0 Å². The van der Waals surface area contributed by atoms with E-state index in [9.17, 15) is 0 Å². The van der Waals surface area contributed by atoms with Gasteiger partial charge in [-0.05, 0) is 38.8 Å². The van der Waals surface area contributed by atoms with Gasteiger partial charge in [0.05, 0.1) is 0 Å². The molecule has 3 nitrogen and oxygen atoms in total. The SMILES string of the molecule is CCCN1CC(CCO)CC(NC)C1. The highest BCUT2D eigenvalue weighted by molar-refractivity contribution is 4.82. The fourth-order valence-corrected chi connectivity index (χ4v) is 2.40. The molecule has 14 heavy (non-hydrogen) atoms. The number of likely N-dealkylation sites (tertiary alicyclic amines) is 1. The van der Waals surface area contributed by atoms with Gasteiger partial charge in [-0.2, -0.15) is 0 Å². The lowest BCUT2D eigenvalue weighted by molar-refractivity contribution is 0.124. The fourth-order valence-electron chi connectivity index (χ4n) is 2.40. The second kappa shape index (κ2) is 6.38. The fraction of sp³-hybridized carbons (Fsp3) is 1.00. The minimum atomic E-state index is 0.334. The van der Waals surface area contributed by atoms with Crippen LogP contribution >= 0.6 is 0 Å². The standard InChI is InChI=1S/C11H24N2O/c1-3-5-13-8-10(4-6-14)7-11(9-13)12-2/h10-12,14H,3-9H2,1-2H3. The summed E-state index contributed by atoms with van der Waals surface area (Å²) in [5.74, 6) is 0.678. The molecule has 84 valence electrons. The molecule has 1 heterocycles. The van der Waals surface area contributed by atoms with Gasteiger partial charge in [0.1, 0.15) is 0 Å². The minimum absolute atomic E-state index is 0.334. The smallest absolute Gasteiger partial charge is 0.0434 e. The van der Waals surface area contributed by atoms with Crippen LogP contribution < -0.4 is 5.32 Å². The Morgan fingerprint density at radius 2 is 2.21 bits per heavy atom. The third-order valence-corrected chi connectivity index (χ3v) is 3.10. The van der Waals surface area contributed by atoms with Crippen LogP contribution in [0.1, 0.15) is 26.2 Å². The van der Waals surface area contributed by atoms with E-state index in [1.165, 1.54) is 32.5 Å². The molecule has 0 aromatic carbocycles. The van der Waals surface area contributed by atoms with E-state index in [4.69, 9.17) is 5.11 Å². The summed E-state index contributed by atoms with van der Waals surface area (Å²) >= 11 is 0. The molecule has 0 bridgehead atoms. The Labute approximate surface area is 87.5 Å². The molecule has 0 aliphatic carbocycles. The molecule has 0 spiro atoms. The van der Waals surface area contributed by atoms with Crippen molar-refractivity contribution in [2.75, 3.05) is 33.3 Å². The highest BCUT2D eigenvalue weighted by Crippen LogP contribution is 2.19. The van der Waals surface area contributed by atoms with E-state index in [1.54, 1.807) is 0 Å². The first kappa shape index (κ1) is 12.0. The number of hydrogen-bond acceptors (Lipinski definition) is 3. The van der Waals surface area contributed by atoms with Crippen molar-refractivity contribution in [1.29, 1.82) is 0 Å². The minimum Gasteiger partial charge on any atom is -0.396 e. The van der Waals surface area contributed by atoms with Crippen molar-refractivity contribution in [2.24, 2.45) is 5.92 Å². The van der Waals surface area contributed by atoms with E-state index in [2.05, 4.69) is 17.1 Å². The van der Waals surface area contributed by atoms with Crippen molar-refractivity contribution >= 4 is 0 Å². The number of hydrogen-bond donors (Lipinski definition) is 2. The molecule has 2 N–H and O–H groups in total. The van der Waals surface area contributed by atoms with Crippen LogP contribution in [-0.4, -0.2) is 49.3 Å². The molecule has 1 rings (SSSR count). The summed E-state index contributed by atoms with van der Waals surface area (Å²) in [6.45, 7) is 6.10. The molecule has 0 aromatic heterocycles. The first-order valence-electron chi connectivity index (χ1n) is 5.80. The summed E-state index contributed by atoms with van der Waals surface area (Å²) in [6, 6.07) is 0.617. The molecule has 1 fully saturated rings. The largest absolute Gasteiger partial charge is 0.396 e. The second-order valence-corrected chi connectivity index (χ2v) is 4.36. The molecule has 0 saturated carbocycles. The highest BCUT2D eigenvalue weighted by atomic mass is 16.3. The monoisotopic (exact) mass is 200 g/mol. The van der Waals surface area contributed by atoms with Crippen LogP contribution in [-0.2, 0) is 0 Å². The molecule has 0 radical (unpaired) electrons. The van der Waals surface area contributed by atoms with Gasteiger partial charge in [0, 0.05) is 25.7 Å². The number of aliphatic hydroxyl groups is 1. The van der Waals surface area contributed by atoms with Crippen LogP contribution in [0.2, 0.25) is 0 Å². The topological polar surface area (TPSA) is 35.5 Å². The van der Waals surface area contributed by atoms with E-state index >= 15 is 0 Å². The Balaban J connectivity index is 2.39. The average molecular weight is 200 g/mol. The maximum absolute atomic E-state index is 8.95. The molecular weight excluding hydrogens is 176 g/mol. The molecule has 2 atom stereocenters. The first-order valence-corrected chi connectivity index (χ1v) is 5.80. The summed E-state index contributed by atoms with van der Waals surface area (Å²) in [6.07, 6.45) is 3.40. The molecule has 1 aliphatic rings. The van der Waals surface area contributed by atoms with E-state index in [0.29, 0.717) is 18.6 Å². The van der Waals surface area contributed by atoms with E-state index in [1.807, 2.05) is 7.05 Å². The van der Waals surface area contributed by atoms with Gasteiger partial charge >= 0.3 is 0 Å². The maximum atomic E-state index is 8.95. The lowest BCUT2D eigenvalue weighted by Gasteiger charge is -2.37. The van der Waals surface area contributed by atoms with E-state index in [0.717, 1.165) is 6.42 Å². The van der Waals surface area contributed by atoms with Crippen molar-refractivity contribution in [3.8, 4) is 0 Å². The Kier molecular flexibility index (Phi) is 5.45. The van der Waals surface area contributed by atoms with Gasteiger partial charge in [-0.3, -0.25) is 0 Å². The zero-order chi connectivity index (χ0) is 10.4. The highest BCUT2D eigenvalue weighted by Gasteiger charge is 2.25. The number of nitrogens with one attached hydrogen (secondary N) is 1. The van der Waals surface area contributed by atoms with Crippen LogP contribution in [0, 0.1) is 5.92 Å². The quantitative estimate of drug-likeness (QED) is 0.685. The number of likely N-dealkylation sites (N-methyl/N-ethyl adjacent to an activating group) is 1. The van der Waals surface area contributed by atoms with Gasteiger partial charge in [0.25, 0.3) is 0 Å². The third kappa shape index (κ3) is 3.56. The maximum Gasteiger partial charge on any atom is 0.0434 e. The van der Waals surface area contributed by atoms with Gasteiger partial charge in [0.15, 0.2) is 0 Å². The zero-order valence-electron chi connectivity index (χ0n) is 9.50. The summed E-state index contributed by atoms with van der Waals surface area (Å²) < 4.78 is 0. The van der Waals surface area contributed by atoms with Gasteiger partial charge in [-0.25, -0.2) is 0 Å². The number of nitrogens with zero attached hydrogens (tertiary/aromatic N) is 1. The number of piperidine rings is 1. The summed E-state index contributed by atoms with van der Waals surface area (Å²) in [5, 5.41) is 12.3. The average Bonchev–Trinajstić information content (AvgIpc) is 2.18. The van der Waals surface area contributed by atoms with Crippen molar-refractivity contribution in [2.45, 2.75) is 32.2 Å². The Morgan fingerprint density at radius 3 is 2.79 bits per heavy atom. The van der Waals surface area contributed by atoms with Crippen LogP contribution in [0.25, 0.3) is 0 Å². The predicted octanol–water partition coefficient (Wildman–Crippen LogP) is 0.689. The van der Waals surface area contributed by atoms with Crippen molar-refractivity contribution in [3.63, 3.8) is 0 Å². The van der Waals surface area contributed by atoms with Crippen molar-refractivity contribution in [3.05, 3.63) is 0 Å². The van der Waals surface area contributed by atoms with Crippen LogP contribution in [0.4, 0.5) is 0 Å². The lowest BCUT2D eigenvalue weighted by atomic mass is 9.92. The zero-order valence-corrected chi connectivity index (χ0v) is 9.50. The Morgan fingerprint density at radius 1 is 1.43 bits per heavy atom. The summed E-state index contributed by atoms with van der Waals surface area (Å²) in [7, 11) is 2.04. The molecule has 1 saturated heterocycles. The van der Waals surface area contributed by atoms with Crippen molar-refractivity contribution < 1.29 is 5.11 Å². The number of aliphatic hydroxyl groups excluding tert-OH is 1. The number of rotatable bonds is 5. The van der Waals surface area contributed by atoms with Crippen LogP contribution in [0.15, 0.2) is 0 Å². The summed E-state index contributed by atoms with van der Waals surface area (Å²) in [4.78, 5) is 2.52. The molecule has 0 amide bonds. The Bertz CT molecular complexity index is 138. The predicted molar refractivity (Wildman–Crippen MR) is 59.4 cm³/mol. The van der Waals surface area contributed by atoms with E-state index < -0.39 is 0 Å². The molecule has 1 aliphatic heterocycles. The van der Waals surface area contributed by atoms with Gasteiger partial charge in [-0.1, -0.05) is 6.92 Å². The first-order chi connectivity index (χ1) is 6.80. The summed E-state index contributed by atoms with van der Waals surface area (Å²) in [5.41, 5.74) is 0. The van der Waals surface area contributed by atoms with Gasteiger partial charge in [-0.15, -0.1) is 0 Å². The normalized spacial score (nSPS) is 29.4. The van der Waals surface area contributed by atoms with Crippen molar-refractivity contribution in [1.82, 2.24) is 10.2 Å². The second-order valence-electron chi connectivity index (χ2n) is 4.36. The van der Waals surface area contributed by atoms with E-state index in [-0.39, 0.29) is 0 Å². The van der Waals surface area contributed by atoms with Gasteiger partial charge in [0.2, 0.25) is 0 Å². The molecule has 2 unspecified atom stereocenters. The molecule has 3 heteroatoms. The van der Waals surface area contributed by atoms with Crippen LogP contribution in [0.3, 0.4) is 0 Å². The van der Waals surface area contributed by atoms with Gasteiger partial charge < -0.3 is 15.3 Å².